The number of para-hydroxylation sites is 1. The van der Waals surface area contributed by atoms with Gasteiger partial charge in [-0.05, 0) is 45.6 Å². The average Bonchev–Trinajstić information content (AvgIpc) is 3.26. The van der Waals surface area contributed by atoms with Crippen molar-refractivity contribution in [2.75, 3.05) is 19.8 Å². The van der Waals surface area contributed by atoms with Gasteiger partial charge in [0.15, 0.2) is 0 Å². The lowest BCUT2D eigenvalue weighted by Gasteiger charge is -2.36. The molecule has 6 heteroatoms. The van der Waals surface area contributed by atoms with Gasteiger partial charge < -0.3 is 14.2 Å². The Morgan fingerprint density at radius 2 is 2.03 bits per heavy atom. The Hall–Kier alpha value is -2.47. The predicted octanol–water partition coefficient (Wildman–Crippen LogP) is 3.99. The van der Waals surface area contributed by atoms with Crippen LogP contribution in [0.4, 0.5) is 0 Å². The van der Waals surface area contributed by atoms with Crippen molar-refractivity contribution in [3.63, 3.8) is 0 Å². The van der Waals surface area contributed by atoms with E-state index in [0.29, 0.717) is 36.7 Å². The summed E-state index contributed by atoms with van der Waals surface area (Å²) in [5.41, 5.74) is 2.81. The Balaban J connectivity index is 1.73. The van der Waals surface area contributed by atoms with E-state index < -0.39 is 17.8 Å². The summed E-state index contributed by atoms with van der Waals surface area (Å²) in [7, 11) is 0. The molecule has 1 saturated heterocycles. The highest BCUT2D eigenvalue weighted by molar-refractivity contribution is 6.11. The number of benzene rings is 1. The molecule has 0 aromatic heterocycles. The monoisotopic (exact) mass is 411 g/mol. The Morgan fingerprint density at radius 1 is 1.20 bits per heavy atom. The van der Waals surface area contributed by atoms with Crippen LogP contribution in [0.2, 0.25) is 0 Å². The van der Waals surface area contributed by atoms with Gasteiger partial charge >= 0.3 is 5.97 Å². The minimum absolute atomic E-state index is 0.0528. The van der Waals surface area contributed by atoms with Gasteiger partial charge in [-0.2, -0.15) is 0 Å². The van der Waals surface area contributed by atoms with Crippen LogP contribution in [0.1, 0.15) is 57.4 Å². The fraction of sp³-hybridized carbons (Fsp3) is 0.542. The second kappa shape index (κ2) is 9.13. The van der Waals surface area contributed by atoms with Crippen LogP contribution in [0.25, 0.3) is 0 Å². The van der Waals surface area contributed by atoms with Gasteiger partial charge in [0.2, 0.25) is 0 Å². The SMILES string of the molecule is CCOc1ccccc1[C@@H]1C(C(=O)OC[C@H]2CCCO2)=C(C)N=C2CCCC(=O)C21. The summed E-state index contributed by atoms with van der Waals surface area (Å²) in [6, 6.07) is 7.66. The van der Waals surface area contributed by atoms with Crippen molar-refractivity contribution in [3.05, 3.63) is 41.1 Å². The zero-order valence-electron chi connectivity index (χ0n) is 17.7. The van der Waals surface area contributed by atoms with Crippen LogP contribution in [0.15, 0.2) is 40.5 Å². The maximum Gasteiger partial charge on any atom is 0.336 e. The lowest BCUT2D eigenvalue weighted by Crippen LogP contribution is -2.39. The summed E-state index contributed by atoms with van der Waals surface area (Å²) in [5, 5.41) is 0. The van der Waals surface area contributed by atoms with Gasteiger partial charge in [0.05, 0.1) is 24.2 Å². The minimum Gasteiger partial charge on any atom is -0.494 e. The molecule has 6 nitrogen and oxygen atoms in total. The lowest BCUT2D eigenvalue weighted by atomic mass is 9.69. The summed E-state index contributed by atoms with van der Waals surface area (Å²) < 4.78 is 17.1. The molecular formula is C24H29NO5. The number of aliphatic imine (C=N–C) groups is 1. The Labute approximate surface area is 177 Å². The van der Waals surface area contributed by atoms with Crippen LogP contribution in [-0.2, 0) is 19.1 Å². The van der Waals surface area contributed by atoms with E-state index in [-0.39, 0.29) is 18.5 Å². The van der Waals surface area contributed by atoms with E-state index >= 15 is 0 Å². The first-order valence-corrected chi connectivity index (χ1v) is 10.9. The number of ketones is 1. The molecule has 3 atom stereocenters. The van der Waals surface area contributed by atoms with Crippen molar-refractivity contribution in [3.8, 4) is 5.75 Å². The highest BCUT2D eigenvalue weighted by Gasteiger charge is 2.44. The Kier molecular flexibility index (Phi) is 6.32. The van der Waals surface area contributed by atoms with Gasteiger partial charge in [-0.1, -0.05) is 18.2 Å². The number of hydrogen-bond donors (Lipinski definition) is 0. The number of carbonyl (C=O) groups is 2. The fourth-order valence-electron chi connectivity index (χ4n) is 4.77. The zero-order chi connectivity index (χ0) is 21.1. The van der Waals surface area contributed by atoms with Crippen molar-refractivity contribution >= 4 is 17.5 Å². The number of nitrogens with zero attached hydrogens (tertiary/aromatic N) is 1. The van der Waals surface area contributed by atoms with E-state index in [1.54, 1.807) is 0 Å². The van der Waals surface area contributed by atoms with E-state index in [1.807, 2.05) is 38.1 Å². The number of rotatable bonds is 6. The van der Waals surface area contributed by atoms with E-state index in [0.717, 1.165) is 37.0 Å². The smallest absolute Gasteiger partial charge is 0.336 e. The highest BCUT2D eigenvalue weighted by atomic mass is 16.6. The van der Waals surface area contributed by atoms with Crippen LogP contribution in [0.3, 0.4) is 0 Å². The first-order chi connectivity index (χ1) is 14.6. The van der Waals surface area contributed by atoms with Crippen LogP contribution in [0.5, 0.6) is 5.75 Å². The van der Waals surface area contributed by atoms with Gasteiger partial charge in [-0.15, -0.1) is 0 Å². The summed E-state index contributed by atoms with van der Waals surface area (Å²) in [4.78, 5) is 30.9. The van der Waals surface area contributed by atoms with Gasteiger partial charge in [0, 0.05) is 35.9 Å². The molecule has 160 valence electrons. The van der Waals surface area contributed by atoms with E-state index in [4.69, 9.17) is 19.2 Å². The van der Waals surface area contributed by atoms with Crippen molar-refractivity contribution < 1.29 is 23.8 Å². The maximum atomic E-state index is 13.2. The molecule has 0 spiro atoms. The summed E-state index contributed by atoms with van der Waals surface area (Å²) in [5.74, 6) is -0.463. The molecule has 4 rings (SSSR count). The average molecular weight is 411 g/mol. The molecular weight excluding hydrogens is 382 g/mol. The van der Waals surface area contributed by atoms with Crippen molar-refractivity contribution in [1.29, 1.82) is 0 Å². The summed E-state index contributed by atoms with van der Waals surface area (Å²) in [6.45, 7) is 5.20. The van der Waals surface area contributed by atoms with Crippen LogP contribution < -0.4 is 4.74 Å². The van der Waals surface area contributed by atoms with E-state index in [1.165, 1.54) is 0 Å². The summed E-state index contributed by atoms with van der Waals surface area (Å²) in [6.07, 6.45) is 3.92. The maximum absolute atomic E-state index is 13.2. The molecule has 30 heavy (non-hydrogen) atoms. The number of carbonyl (C=O) groups excluding carboxylic acids is 2. The number of esters is 1. The van der Waals surface area contributed by atoms with Crippen molar-refractivity contribution in [1.82, 2.24) is 0 Å². The molecule has 1 aliphatic carbocycles. The second-order valence-corrected chi connectivity index (χ2v) is 8.08. The third-order valence-corrected chi connectivity index (χ3v) is 6.11. The predicted molar refractivity (Wildman–Crippen MR) is 113 cm³/mol. The molecule has 1 saturated carbocycles. The van der Waals surface area contributed by atoms with Crippen LogP contribution in [0, 0.1) is 5.92 Å². The van der Waals surface area contributed by atoms with Gasteiger partial charge in [0.25, 0.3) is 0 Å². The van der Waals surface area contributed by atoms with E-state index in [2.05, 4.69) is 0 Å². The highest BCUT2D eigenvalue weighted by Crippen LogP contribution is 2.45. The molecule has 0 bridgehead atoms. The Morgan fingerprint density at radius 3 is 2.80 bits per heavy atom. The third kappa shape index (κ3) is 4.06. The topological polar surface area (TPSA) is 74.2 Å². The van der Waals surface area contributed by atoms with Gasteiger partial charge in [-0.25, -0.2) is 4.79 Å². The second-order valence-electron chi connectivity index (χ2n) is 8.08. The summed E-state index contributed by atoms with van der Waals surface area (Å²) >= 11 is 0. The van der Waals surface area contributed by atoms with Crippen molar-refractivity contribution in [2.45, 2.75) is 58.0 Å². The third-order valence-electron chi connectivity index (χ3n) is 6.11. The van der Waals surface area contributed by atoms with Crippen molar-refractivity contribution in [2.24, 2.45) is 10.9 Å². The zero-order valence-corrected chi connectivity index (χ0v) is 17.7. The quantitative estimate of drug-likeness (QED) is 0.662. The Bertz CT molecular complexity index is 881. The first kappa shape index (κ1) is 20.8. The minimum atomic E-state index is -0.440. The molecule has 1 aromatic rings. The number of Topliss-reactive ketones (excluding diaryl/α,β-unsaturated/α-hetero) is 1. The largest absolute Gasteiger partial charge is 0.494 e. The molecule has 1 unspecified atom stereocenters. The normalized spacial score (nSPS) is 26.3. The molecule has 2 heterocycles. The van der Waals surface area contributed by atoms with Gasteiger partial charge in [-0.3, -0.25) is 9.79 Å². The number of allylic oxidation sites excluding steroid dienone is 1. The fourth-order valence-corrected chi connectivity index (χ4v) is 4.77. The van der Waals surface area contributed by atoms with Gasteiger partial charge in [0.1, 0.15) is 18.1 Å². The molecule has 2 aliphatic heterocycles. The molecule has 3 aliphatic rings. The molecule has 2 fully saturated rings. The molecule has 0 N–H and O–H groups in total. The number of hydrogen-bond acceptors (Lipinski definition) is 6. The number of fused-ring (bicyclic) bond motifs is 1. The molecule has 0 radical (unpaired) electrons. The lowest BCUT2D eigenvalue weighted by molar-refractivity contribution is -0.142. The van der Waals surface area contributed by atoms with Crippen LogP contribution in [-0.4, -0.2) is 43.4 Å². The van der Waals surface area contributed by atoms with Crippen LogP contribution >= 0.6 is 0 Å². The molecule has 0 amide bonds. The standard InChI is InChI=1S/C24H29NO5/c1-3-28-20-12-5-4-9-17(20)22-21(24(27)30-14-16-8-7-13-29-16)15(2)25-18-10-6-11-19(26)23(18)22/h4-5,9,12,16,22-23H,3,6-8,10-11,13-14H2,1-2H3/t16-,22-,23?/m1/s1. The number of ether oxygens (including phenoxy) is 3. The van der Waals surface area contributed by atoms with E-state index in [9.17, 15) is 9.59 Å². The first-order valence-electron chi connectivity index (χ1n) is 10.9. The molecule has 1 aromatic carbocycles.